The first-order chi connectivity index (χ1) is 13.3. The second-order valence-electron chi connectivity index (χ2n) is 8.47. The Bertz CT molecular complexity index is 761. The molecular weight excluding hydrogens is 374 g/mol. The van der Waals surface area contributed by atoms with Crippen LogP contribution in [0, 0.1) is 5.92 Å². The Labute approximate surface area is 169 Å². The van der Waals surface area contributed by atoms with E-state index in [0.29, 0.717) is 43.5 Å². The topological polar surface area (TPSA) is 60.9 Å². The average Bonchev–Trinajstić information content (AvgIpc) is 2.70. The van der Waals surface area contributed by atoms with Crippen molar-refractivity contribution in [3.8, 4) is 0 Å². The molecule has 2 fully saturated rings. The first-order valence-electron chi connectivity index (χ1n) is 10.4. The summed E-state index contributed by atoms with van der Waals surface area (Å²) in [4.78, 5) is 17.0. The van der Waals surface area contributed by atoms with Crippen LogP contribution in [0.5, 0.6) is 0 Å². The maximum Gasteiger partial charge on any atom is 0.243 e. The summed E-state index contributed by atoms with van der Waals surface area (Å²) in [6.45, 7) is 10.5. The molecule has 2 aliphatic rings. The van der Waals surface area contributed by atoms with Crippen molar-refractivity contribution < 1.29 is 13.2 Å². The van der Waals surface area contributed by atoms with Crippen LogP contribution in [0.15, 0.2) is 29.2 Å². The van der Waals surface area contributed by atoms with Crippen LogP contribution < -0.4 is 0 Å². The molecule has 1 aromatic rings. The molecule has 0 radical (unpaired) electrons. The fourth-order valence-corrected chi connectivity index (χ4v) is 5.29. The normalized spacial score (nSPS) is 20.6. The molecule has 2 saturated heterocycles. The fraction of sp³-hybridized carbons (Fsp3) is 0.667. The third-order valence-electron chi connectivity index (χ3n) is 6.01. The van der Waals surface area contributed by atoms with Crippen molar-refractivity contribution in [1.82, 2.24) is 14.1 Å². The van der Waals surface area contributed by atoms with E-state index in [4.69, 9.17) is 0 Å². The van der Waals surface area contributed by atoms with Gasteiger partial charge in [-0.25, -0.2) is 8.42 Å². The van der Waals surface area contributed by atoms with Gasteiger partial charge in [0.25, 0.3) is 0 Å². The van der Waals surface area contributed by atoms with Crippen LogP contribution in [0.25, 0.3) is 0 Å². The van der Waals surface area contributed by atoms with Crippen LogP contribution in [0.3, 0.4) is 0 Å². The second kappa shape index (κ2) is 8.93. The molecule has 2 aliphatic heterocycles. The Morgan fingerprint density at radius 1 is 1.00 bits per heavy atom. The molecule has 2 heterocycles. The lowest BCUT2D eigenvalue weighted by Gasteiger charge is -2.36. The predicted octanol–water partition coefficient (Wildman–Crippen LogP) is 2.37. The van der Waals surface area contributed by atoms with Gasteiger partial charge in [0.2, 0.25) is 15.9 Å². The second-order valence-corrected chi connectivity index (χ2v) is 10.4. The van der Waals surface area contributed by atoms with Crippen LogP contribution in [-0.4, -0.2) is 74.2 Å². The highest BCUT2D eigenvalue weighted by Crippen LogP contribution is 2.21. The molecule has 0 unspecified atom stereocenters. The van der Waals surface area contributed by atoms with E-state index >= 15 is 0 Å². The van der Waals surface area contributed by atoms with E-state index in [2.05, 4.69) is 25.7 Å². The van der Waals surface area contributed by atoms with E-state index in [9.17, 15) is 13.2 Å². The molecule has 0 bridgehead atoms. The average molecular weight is 408 g/mol. The number of hydrogen-bond acceptors (Lipinski definition) is 4. The Kier molecular flexibility index (Phi) is 6.78. The van der Waals surface area contributed by atoms with Crippen molar-refractivity contribution in [2.75, 3.05) is 45.8 Å². The number of rotatable bonds is 5. The van der Waals surface area contributed by atoms with Crippen LogP contribution in [-0.2, 0) is 14.8 Å². The maximum atomic E-state index is 12.9. The van der Waals surface area contributed by atoms with Crippen LogP contribution >= 0.6 is 0 Å². The van der Waals surface area contributed by atoms with Crippen molar-refractivity contribution in [2.45, 2.75) is 44.4 Å². The zero-order chi connectivity index (χ0) is 20.3. The Hall–Kier alpha value is -1.44. The number of benzene rings is 1. The summed E-state index contributed by atoms with van der Waals surface area (Å²) in [7, 11) is -3.50. The first kappa shape index (κ1) is 21.3. The molecule has 28 heavy (non-hydrogen) atoms. The number of piperidine rings is 1. The molecule has 1 aromatic carbocycles. The molecule has 0 aliphatic carbocycles. The molecule has 1 amide bonds. The quantitative estimate of drug-likeness (QED) is 0.752. The number of hydrogen-bond donors (Lipinski definition) is 0. The highest BCUT2D eigenvalue weighted by Gasteiger charge is 2.30. The van der Waals surface area contributed by atoms with E-state index in [1.807, 2.05) is 17.0 Å². The standard InChI is InChI=1S/C21H33N3O3S/c1-17(2)19-4-6-20(7-5-19)28(26,27)24-14-12-23(13-15-24)21(25)16-22-10-8-18(3)9-11-22/h4-7,17-18H,8-16H2,1-3H3. The minimum Gasteiger partial charge on any atom is -0.339 e. The number of likely N-dealkylation sites (tertiary alicyclic amines) is 1. The lowest BCUT2D eigenvalue weighted by molar-refractivity contribution is -0.133. The summed E-state index contributed by atoms with van der Waals surface area (Å²) >= 11 is 0. The van der Waals surface area contributed by atoms with Gasteiger partial charge < -0.3 is 4.90 Å². The zero-order valence-corrected chi connectivity index (χ0v) is 18.1. The smallest absolute Gasteiger partial charge is 0.243 e. The highest BCUT2D eigenvalue weighted by atomic mass is 32.2. The van der Waals surface area contributed by atoms with Crippen molar-refractivity contribution in [1.29, 1.82) is 0 Å². The number of carbonyl (C=O) groups is 1. The summed E-state index contributed by atoms with van der Waals surface area (Å²) < 4.78 is 27.3. The van der Waals surface area contributed by atoms with Gasteiger partial charge in [-0.15, -0.1) is 0 Å². The summed E-state index contributed by atoms with van der Waals surface area (Å²) in [5.74, 6) is 1.23. The Morgan fingerprint density at radius 2 is 1.57 bits per heavy atom. The number of nitrogens with zero attached hydrogens (tertiary/aromatic N) is 3. The van der Waals surface area contributed by atoms with E-state index in [0.717, 1.165) is 37.4 Å². The maximum absolute atomic E-state index is 12.9. The molecular formula is C21H33N3O3S. The lowest BCUT2D eigenvalue weighted by atomic mass is 9.99. The zero-order valence-electron chi connectivity index (χ0n) is 17.3. The van der Waals surface area contributed by atoms with E-state index in [1.165, 1.54) is 4.31 Å². The van der Waals surface area contributed by atoms with Crippen LogP contribution in [0.4, 0.5) is 0 Å². The van der Waals surface area contributed by atoms with Crippen LogP contribution in [0.1, 0.15) is 45.1 Å². The SMILES string of the molecule is CC1CCN(CC(=O)N2CCN(S(=O)(=O)c3ccc(C(C)C)cc3)CC2)CC1. The van der Waals surface area contributed by atoms with Gasteiger partial charge in [0.1, 0.15) is 0 Å². The van der Waals surface area contributed by atoms with Gasteiger partial charge in [0, 0.05) is 26.2 Å². The monoisotopic (exact) mass is 407 g/mol. The predicted molar refractivity (Wildman–Crippen MR) is 111 cm³/mol. The number of carbonyl (C=O) groups excluding carboxylic acids is 1. The molecule has 0 aromatic heterocycles. The van der Waals surface area contributed by atoms with E-state index in [-0.39, 0.29) is 5.91 Å². The van der Waals surface area contributed by atoms with Gasteiger partial charge in [-0.05, 0) is 55.5 Å². The molecule has 0 atom stereocenters. The third kappa shape index (κ3) is 4.93. The van der Waals surface area contributed by atoms with Gasteiger partial charge >= 0.3 is 0 Å². The molecule has 0 saturated carbocycles. The van der Waals surface area contributed by atoms with E-state index < -0.39 is 10.0 Å². The highest BCUT2D eigenvalue weighted by molar-refractivity contribution is 7.89. The fourth-order valence-electron chi connectivity index (χ4n) is 3.86. The number of amides is 1. The Balaban J connectivity index is 1.54. The number of sulfonamides is 1. The van der Waals surface area contributed by atoms with Gasteiger partial charge in [-0.3, -0.25) is 9.69 Å². The van der Waals surface area contributed by atoms with Crippen molar-refractivity contribution in [2.24, 2.45) is 5.92 Å². The van der Waals surface area contributed by atoms with Crippen molar-refractivity contribution in [3.05, 3.63) is 29.8 Å². The van der Waals surface area contributed by atoms with Gasteiger partial charge in [-0.2, -0.15) is 4.31 Å². The Morgan fingerprint density at radius 3 is 2.11 bits per heavy atom. The molecule has 156 valence electrons. The summed E-state index contributed by atoms with van der Waals surface area (Å²) in [6, 6.07) is 7.16. The number of piperazine rings is 1. The molecule has 0 N–H and O–H groups in total. The molecule has 7 heteroatoms. The first-order valence-corrected chi connectivity index (χ1v) is 11.8. The minimum absolute atomic E-state index is 0.118. The van der Waals surface area contributed by atoms with Crippen molar-refractivity contribution in [3.63, 3.8) is 0 Å². The third-order valence-corrected chi connectivity index (χ3v) is 7.92. The van der Waals surface area contributed by atoms with Gasteiger partial charge in [0.05, 0.1) is 11.4 Å². The lowest BCUT2D eigenvalue weighted by Crippen LogP contribution is -2.53. The summed E-state index contributed by atoms with van der Waals surface area (Å²) in [6.07, 6.45) is 2.30. The largest absolute Gasteiger partial charge is 0.339 e. The van der Waals surface area contributed by atoms with E-state index in [1.54, 1.807) is 12.1 Å². The van der Waals surface area contributed by atoms with Gasteiger partial charge in [0.15, 0.2) is 0 Å². The molecule has 3 rings (SSSR count). The molecule has 0 spiro atoms. The molecule has 6 nitrogen and oxygen atoms in total. The summed E-state index contributed by atoms with van der Waals surface area (Å²) in [5.41, 5.74) is 1.13. The minimum atomic E-state index is -3.50. The summed E-state index contributed by atoms with van der Waals surface area (Å²) in [5, 5.41) is 0. The van der Waals surface area contributed by atoms with Gasteiger partial charge in [-0.1, -0.05) is 32.9 Å². The van der Waals surface area contributed by atoms with Crippen molar-refractivity contribution >= 4 is 15.9 Å². The van der Waals surface area contributed by atoms with Crippen LogP contribution in [0.2, 0.25) is 0 Å².